The normalized spacial score (nSPS) is 16.0. The molecule has 1 unspecified atom stereocenters. The van der Waals surface area contributed by atoms with Crippen molar-refractivity contribution in [3.05, 3.63) is 0 Å². The Morgan fingerprint density at radius 1 is 1.38 bits per heavy atom. The summed E-state index contributed by atoms with van der Waals surface area (Å²) in [6, 6.07) is 0. The minimum Gasteiger partial charge on any atom is -0.0983 e. The van der Waals surface area contributed by atoms with Crippen molar-refractivity contribution in [2.45, 2.75) is 33.0 Å². The van der Waals surface area contributed by atoms with Gasteiger partial charge in [-0.25, -0.2) is 0 Å². The fraction of sp³-hybridized carbons (Fsp3) is 1.00. The molecule has 0 aromatic rings. The summed E-state index contributed by atoms with van der Waals surface area (Å²) >= 11 is 1.35. The Labute approximate surface area is 61.1 Å². The lowest BCUT2D eigenvalue weighted by Crippen LogP contribution is -2.16. The molecule has 0 radical (unpaired) electrons. The largest absolute Gasteiger partial charge is 0.212 e. The first kappa shape index (κ1) is 8.53. The molecule has 0 saturated carbocycles. The molecular weight excluding hydrogens is 111 g/mol. The van der Waals surface area contributed by atoms with Crippen LogP contribution in [0.25, 0.3) is 0 Å². The van der Waals surface area contributed by atoms with Crippen LogP contribution < -0.4 is 0 Å². The summed E-state index contributed by atoms with van der Waals surface area (Å²) in [5, 5.41) is 1.43. The molecule has 0 rings (SSSR count). The maximum Gasteiger partial charge on any atom is 0.212 e. The monoisotopic (exact) mass is 128 g/mol. The van der Waals surface area contributed by atoms with E-state index in [2.05, 4.69) is 27.7 Å². The molecule has 0 saturated heterocycles. The van der Waals surface area contributed by atoms with Crippen molar-refractivity contribution in [1.82, 2.24) is 0 Å². The maximum absolute atomic E-state index is 2.34. The van der Waals surface area contributed by atoms with Crippen LogP contribution in [0.1, 0.15) is 27.7 Å². The summed E-state index contributed by atoms with van der Waals surface area (Å²) in [6.45, 7) is 9.29. The molecule has 0 N–H and O–H groups in total. The van der Waals surface area contributed by atoms with E-state index in [0.717, 1.165) is 5.92 Å². The van der Waals surface area contributed by atoms with Crippen LogP contribution in [-0.4, -0.2) is 16.3 Å². The Balaban J connectivity index is 3.62. The smallest absolute Gasteiger partial charge is 0.0983 e. The molecule has 8 heavy (non-hydrogen) atoms. The van der Waals surface area contributed by atoms with E-state index < -0.39 is 0 Å². The lowest BCUT2D eigenvalue weighted by atomic mass is 9.83. The predicted molar refractivity (Wildman–Crippen MR) is 42.0 cm³/mol. The van der Waals surface area contributed by atoms with Crippen LogP contribution in [-0.2, 0) is 0 Å². The van der Waals surface area contributed by atoms with Crippen LogP contribution in [0.5, 0.6) is 0 Å². The molecule has 0 fully saturated rings. The van der Waals surface area contributed by atoms with Crippen LogP contribution in [0.3, 0.4) is 0 Å². The fourth-order valence-electron chi connectivity index (χ4n) is 0.612. The summed E-state index contributed by atoms with van der Waals surface area (Å²) in [7, 11) is 0. The van der Waals surface area contributed by atoms with Crippen molar-refractivity contribution in [1.29, 1.82) is 0 Å². The zero-order valence-corrected chi connectivity index (χ0v) is 8.78. The van der Waals surface area contributed by atoms with Gasteiger partial charge in [-0.3, -0.25) is 0 Å². The molecule has 0 aromatic carbocycles. The van der Waals surface area contributed by atoms with E-state index in [1.807, 2.05) is 0 Å². The minimum atomic E-state index is 0.543. The van der Waals surface area contributed by atoms with E-state index in [9.17, 15) is 0 Å². The Morgan fingerprint density at radius 2 is 1.75 bits per heavy atom. The molecule has 0 heterocycles. The highest BCUT2D eigenvalue weighted by Gasteiger charge is 2.16. The molecule has 0 aliphatic rings. The van der Waals surface area contributed by atoms with Crippen molar-refractivity contribution in [2.75, 3.05) is 0 Å². The molecule has 0 spiro atoms. The summed E-state index contributed by atoms with van der Waals surface area (Å²) in [5.41, 5.74) is 0.543. The third kappa shape index (κ3) is 2.75. The van der Waals surface area contributed by atoms with Gasteiger partial charge in [-0.05, 0) is 5.41 Å². The van der Waals surface area contributed by atoms with Crippen LogP contribution in [0, 0.1) is 11.3 Å². The second kappa shape index (κ2) is 2.90. The van der Waals surface area contributed by atoms with Crippen LogP contribution in [0.2, 0.25) is 5.28 Å². The summed E-state index contributed by atoms with van der Waals surface area (Å²) < 4.78 is 0. The van der Waals surface area contributed by atoms with Crippen molar-refractivity contribution in [3.63, 3.8) is 0 Å². The van der Waals surface area contributed by atoms with E-state index in [1.54, 1.807) is 0 Å². The highest BCUT2D eigenvalue weighted by atomic mass is 27.0. The first-order valence-corrected chi connectivity index (χ1v) is 4.90. The van der Waals surface area contributed by atoms with Gasteiger partial charge in [0.05, 0.1) is 0 Å². The van der Waals surface area contributed by atoms with Gasteiger partial charge in [0.2, 0.25) is 16.3 Å². The van der Waals surface area contributed by atoms with Gasteiger partial charge < -0.3 is 0 Å². The summed E-state index contributed by atoms with van der Waals surface area (Å²) in [4.78, 5) is 0. The Hall–Kier alpha value is 0.532. The quantitative estimate of drug-likeness (QED) is 0.472. The SMILES string of the molecule is CC([CH2][AlH2])C(C)(C)C. The van der Waals surface area contributed by atoms with E-state index >= 15 is 0 Å². The minimum absolute atomic E-state index is 0.543. The molecule has 0 aliphatic carbocycles. The summed E-state index contributed by atoms with van der Waals surface area (Å²) in [6.07, 6.45) is 0. The molecule has 1 heteroatoms. The van der Waals surface area contributed by atoms with Gasteiger partial charge in [-0.2, -0.15) is 0 Å². The fourth-order valence-corrected chi connectivity index (χ4v) is 1.84. The Kier molecular flexibility index (Phi) is 3.09. The van der Waals surface area contributed by atoms with Crippen LogP contribution >= 0.6 is 0 Å². The van der Waals surface area contributed by atoms with E-state index in [1.165, 1.54) is 21.6 Å². The lowest BCUT2D eigenvalue weighted by molar-refractivity contribution is 0.284. The third-order valence-electron chi connectivity index (χ3n) is 2.09. The van der Waals surface area contributed by atoms with Gasteiger partial charge in [0, 0.05) is 0 Å². The third-order valence-corrected chi connectivity index (χ3v) is 3.32. The molecule has 0 bridgehead atoms. The molecule has 0 amide bonds. The molecule has 48 valence electrons. The first-order valence-electron chi connectivity index (χ1n) is 3.48. The Bertz CT molecular complexity index is 61.3. The van der Waals surface area contributed by atoms with Crippen molar-refractivity contribution >= 4 is 16.3 Å². The zero-order chi connectivity index (χ0) is 6.78. The van der Waals surface area contributed by atoms with Gasteiger partial charge in [0.1, 0.15) is 0 Å². The van der Waals surface area contributed by atoms with Gasteiger partial charge >= 0.3 is 0 Å². The van der Waals surface area contributed by atoms with Gasteiger partial charge in [0.25, 0.3) is 0 Å². The van der Waals surface area contributed by atoms with E-state index in [0.29, 0.717) is 5.41 Å². The van der Waals surface area contributed by atoms with E-state index in [-0.39, 0.29) is 0 Å². The standard InChI is InChI=1S/C7H15.Al.2H/c1-6(2)7(3,4)5;;;/h6H,1H2,2-5H3;;;. The molecule has 1 atom stereocenters. The highest BCUT2D eigenvalue weighted by Crippen LogP contribution is 2.26. The van der Waals surface area contributed by atoms with Crippen molar-refractivity contribution in [2.24, 2.45) is 11.3 Å². The molecular formula is C7H17Al. The first-order chi connectivity index (χ1) is 3.48. The van der Waals surface area contributed by atoms with Gasteiger partial charge in [0.15, 0.2) is 0 Å². The summed E-state index contributed by atoms with van der Waals surface area (Å²) in [5.74, 6) is 0.911. The second-order valence-corrected chi connectivity index (χ2v) is 4.49. The van der Waals surface area contributed by atoms with Gasteiger partial charge in [-0.1, -0.05) is 38.9 Å². The van der Waals surface area contributed by atoms with Crippen LogP contribution in [0.4, 0.5) is 0 Å². The number of hydrogen-bond acceptors (Lipinski definition) is 0. The molecule has 0 aliphatic heterocycles. The Morgan fingerprint density at radius 3 is 1.75 bits per heavy atom. The number of hydrogen-bond donors (Lipinski definition) is 0. The predicted octanol–water partition coefficient (Wildman–Crippen LogP) is 1.72. The second-order valence-electron chi connectivity index (χ2n) is 3.68. The molecule has 0 aromatic heterocycles. The van der Waals surface area contributed by atoms with Gasteiger partial charge in [-0.15, -0.1) is 0 Å². The number of rotatable bonds is 1. The maximum atomic E-state index is 2.34. The van der Waals surface area contributed by atoms with Crippen molar-refractivity contribution < 1.29 is 0 Å². The average Bonchev–Trinajstić information content (AvgIpc) is 1.62. The average molecular weight is 128 g/mol. The van der Waals surface area contributed by atoms with E-state index in [4.69, 9.17) is 0 Å². The lowest BCUT2D eigenvalue weighted by Gasteiger charge is -2.25. The molecule has 0 nitrogen and oxygen atoms in total. The highest BCUT2D eigenvalue weighted by molar-refractivity contribution is 6.08. The van der Waals surface area contributed by atoms with Crippen molar-refractivity contribution in [3.8, 4) is 0 Å². The van der Waals surface area contributed by atoms with Crippen LogP contribution in [0.15, 0.2) is 0 Å². The topological polar surface area (TPSA) is 0 Å². The zero-order valence-electron chi connectivity index (χ0n) is 6.78.